The average molecular weight is 142 g/mol. The van der Waals surface area contributed by atoms with Gasteiger partial charge in [0.05, 0.1) is 5.71 Å². The fourth-order valence-corrected chi connectivity index (χ4v) is 0.300. The third-order valence-corrected chi connectivity index (χ3v) is 1.33. The van der Waals surface area contributed by atoms with E-state index in [1.807, 2.05) is 13.8 Å². The molecule has 10 heavy (non-hydrogen) atoms. The van der Waals surface area contributed by atoms with Crippen molar-refractivity contribution in [2.75, 3.05) is 0 Å². The first-order valence-corrected chi connectivity index (χ1v) is 3.69. The van der Waals surface area contributed by atoms with Gasteiger partial charge in [-0.05, 0) is 33.6 Å². The van der Waals surface area contributed by atoms with Crippen LogP contribution in [0.1, 0.15) is 33.6 Å². The summed E-state index contributed by atoms with van der Waals surface area (Å²) in [5.74, 6) is 0. The molecule has 0 fully saturated rings. The van der Waals surface area contributed by atoms with Crippen molar-refractivity contribution in [1.29, 1.82) is 0 Å². The number of oxime groups is 1. The van der Waals surface area contributed by atoms with Crippen LogP contribution in [0.5, 0.6) is 0 Å². The molecule has 0 aromatic carbocycles. The molecule has 1 radical (unpaired) electrons. The van der Waals surface area contributed by atoms with E-state index in [9.17, 15) is 0 Å². The van der Waals surface area contributed by atoms with Gasteiger partial charge in [0, 0.05) is 0 Å². The van der Waals surface area contributed by atoms with Crippen molar-refractivity contribution in [3.8, 4) is 0 Å². The molecule has 0 saturated carbocycles. The predicted molar refractivity (Wildman–Crippen MR) is 43.9 cm³/mol. The largest absolute Gasteiger partial charge is 0.393 e. The molecule has 0 amide bonds. The van der Waals surface area contributed by atoms with E-state index in [-0.39, 0.29) is 6.10 Å². The van der Waals surface area contributed by atoms with Crippen LogP contribution in [-0.4, -0.2) is 11.8 Å². The monoisotopic (exact) mass is 142 g/mol. The number of nitrogens with zero attached hydrogens (tertiary/aromatic N) is 1. The first-order valence-electron chi connectivity index (χ1n) is 3.69. The molecule has 2 nitrogen and oxygen atoms in total. The lowest BCUT2D eigenvalue weighted by Crippen LogP contribution is -2.03. The molecule has 59 valence electrons. The normalized spacial score (nSPS) is 15.0. The highest BCUT2D eigenvalue weighted by Gasteiger charge is 1.95. The van der Waals surface area contributed by atoms with Gasteiger partial charge in [-0.25, -0.2) is 0 Å². The zero-order chi connectivity index (χ0) is 7.98. The molecule has 0 rings (SSSR count). The van der Waals surface area contributed by atoms with Crippen molar-refractivity contribution >= 4 is 5.71 Å². The van der Waals surface area contributed by atoms with Gasteiger partial charge in [-0.3, -0.25) is 0 Å². The average Bonchev–Trinajstić information content (AvgIpc) is 1.99. The molecule has 0 bridgehead atoms. The summed E-state index contributed by atoms with van der Waals surface area (Å²) in [6.07, 6.45) is 1.94. The maximum Gasteiger partial charge on any atom is 0.124 e. The van der Waals surface area contributed by atoms with E-state index in [4.69, 9.17) is 4.84 Å². The van der Waals surface area contributed by atoms with Gasteiger partial charge in [0.1, 0.15) is 6.10 Å². The summed E-state index contributed by atoms with van der Waals surface area (Å²) in [6.45, 7) is 9.66. The Bertz CT molecular complexity index is 110. The van der Waals surface area contributed by atoms with Crippen molar-refractivity contribution in [2.45, 2.75) is 39.7 Å². The van der Waals surface area contributed by atoms with Crippen LogP contribution in [0.3, 0.4) is 0 Å². The fraction of sp³-hybridized carbons (Fsp3) is 0.750. The van der Waals surface area contributed by atoms with Gasteiger partial charge < -0.3 is 4.84 Å². The number of hydrogen-bond acceptors (Lipinski definition) is 2. The molecular formula is C8H16NO. The zero-order valence-corrected chi connectivity index (χ0v) is 7.05. The summed E-state index contributed by atoms with van der Waals surface area (Å²) in [7, 11) is 0. The fourth-order valence-electron chi connectivity index (χ4n) is 0.300. The maximum absolute atomic E-state index is 5.09. The van der Waals surface area contributed by atoms with Crippen LogP contribution in [0.25, 0.3) is 0 Å². The van der Waals surface area contributed by atoms with Crippen LogP contribution in [-0.2, 0) is 4.84 Å². The minimum absolute atomic E-state index is 0.224. The van der Waals surface area contributed by atoms with Crippen molar-refractivity contribution in [2.24, 2.45) is 5.16 Å². The summed E-state index contributed by atoms with van der Waals surface area (Å²) in [6, 6.07) is 0. The molecule has 0 aromatic rings. The Balaban J connectivity index is 3.50. The summed E-state index contributed by atoms with van der Waals surface area (Å²) >= 11 is 0. The smallest absolute Gasteiger partial charge is 0.124 e. The van der Waals surface area contributed by atoms with Crippen LogP contribution in [0, 0.1) is 6.92 Å². The molecule has 0 spiro atoms. The molecule has 0 aliphatic carbocycles. The van der Waals surface area contributed by atoms with Crippen LogP contribution in [0.15, 0.2) is 5.16 Å². The molecule has 1 atom stereocenters. The Labute approximate surface area is 63.3 Å². The highest BCUT2D eigenvalue weighted by atomic mass is 16.6. The Kier molecular flexibility index (Phi) is 4.99. The van der Waals surface area contributed by atoms with E-state index < -0.39 is 0 Å². The minimum atomic E-state index is 0.224. The van der Waals surface area contributed by atoms with Crippen molar-refractivity contribution in [1.82, 2.24) is 0 Å². The second-order valence-corrected chi connectivity index (χ2v) is 2.40. The van der Waals surface area contributed by atoms with Crippen molar-refractivity contribution < 1.29 is 4.84 Å². The van der Waals surface area contributed by atoms with Gasteiger partial charge in [0.15, 0.2) is 0 Å². The van der Waals surface area contributed by atoms with Crippen LogP contribution >= 0.6 is 0 Å². The van der Waals surface area contributed by atoms with Crippen molar-refractivity contribution in [3.05, 3.63) is 6.92 Å². The van der Waals surface area contributed by atoms with Crippen LogP contribution in [0.2, 0.25) is 0 Å². The van der Waals surface area contributed by atoms with E-state index in [2.05, 4.69) is 19.0 Å². The lowest BCUT2D eigenvalue weighted by atomic mass is 10.3. The number of rotatable bonds is 4. The molecule has 0 aliphatic heterocycles. The lowest BCUT2D eigenvalue weighted by Gasteiger charge is -2.05. The van der Waals surface area contributed by atoms with E-state index in [0.717, 1.165) is 18.6 Å². The van der Waals surface area contributed by atoms with Gasteiger partial charge in [-0.1, -0.05) is 12.1 Å². The molecule has 0 N–H and O–H groups in total. The molecule has 0 aromatic heterocycles. The van der Waals surface area contributed by atoms with Gasteiger partial charge in [0.2, 0.25) is 0 Å². The molecule has 1 unspecified atom stereocenters. The van der Waals surface area contributed by atoms with Crippen LogP contribution in [0.4, 0.5) is 0 Å². The lowest BCUT2D eigenvalue weighted by molar-refractivity contribution is 0.0695. The highest BCUT2D eigenvalue weighted by molar-refractivity contribution is 5.81. The van der Waals surface area contributed by atoms with E-state index in [1.54, 1.807) is 0 Å². The Hall–Kier alpha value is -0.530. The van der Waals surface area contributed by atoms with Gasteiger partial charge in [0.25, 0.3) is 0 Å². The first kappa shape index (κ1) is 9.47. The summed E-state index contributed by atoms with van der Waals surface area (Å²) in [4.78, 5) is 5.09. The minimum Gasteiger partial charge on any atom is -0.393 e. The van der Waals surface area contributed by atoms with Gasteiger partial charge >= 0.3 is 0 Å². The second-order valence-electron chi connectivity index (χ2n) is 2.40. The quantitative estimate of drug-likeness (QED) is 0.436. The molecule has 0 saturated heterocycles. The molecule has 0 aliphatic rings. The van der Waals surface area contributed by atoms with Gasteiger partial charge in [-0.15, -0.1) is 0 Å². The third-order valence-electron chi connectivity index (χ3n) is 1.33. The maximum atomic E-state index is 5.09. The number of hydrogen-bond donors (Lipinski definition) is 0. The van der Waals surface area contributed by atoms with Gasteiger partial charge in [-0.2, -0.15) is 0 Å². The topological polar surface area (TPSA) is 21.6 Å². The standard InChI is InChI=1S/C8H16NO/c1-5-7(3)9-10-8(4)6-2/h8H,1,5-6H2,2-4H3/b9-7+. The third kappa shape index (κ3) is 4.36. The Morgan fingerprint density at radius 2 is 2.30 bits per heavy atom. The molecule has 0 heterocycles. The summed E-state index contributed by atoms with van der Waals surface area (Å²) in [5, 5.41) is 3.87. The van der Waals surface area contributed by atoms with Crippen LogP contribution < -0.4 is 0 Å². The second kappa shape index (κ2) is 5.27. The predicted octanol–water partition coefficient (Wildman–Crippen LogP) is 2.40. The zero-order valence-electron chi connectivity index (χ0n) is 7.05. The van der Waals surface area contributed by atoms with E-state index in [0.29, 0.717) is 0 Å². The highest BCUT2D eigenvalue weighted by Crippen LogP contribution is 1.97. The molecule has 2 heteroatoms. The van der Waals surface area contributed by atoms with Crippen molar-refractivity contribution in [3.63, 3.8) is 0 Å². The van der Waals surface area contributed by atoms with E-state index in [1.165, 1.54) is 0 Å². The molecular weight excluding hydrogens is 126 g/mol. The van der Waals surface area contributed by atoms with E-state index >= 15 is 0 Å². The summed E-state index contributed by atoms with van der Waals surface area (Å²) in [5.41, 5.74) is 0.945. The SMILES string of the molecule is [CH2]C/C(C)=N/OC(C)CC. The first-order chi connectivity index (χ1) is 4.70. The summed E-state index contributed by atoms with van der Waals surface area (Å²) < 4.78 is 0. The Morgan fingerprint density at radius 1 is 1.70 bits per heavy atom. The Morgan fingerprint density at radius 3 is 2.70 bits per heavy atom.